The van der Waals surface area contributed by atoms with Crippen LogP contribution in [0.3, 0.4) is 0 Å². The summed E-state index contributed by atoms with van der Waals surface area (Å²) in [6, 6.07) is 16.7. The number of amides is 1. The number of benzene rings is 2. The Labute approximate surface area is 175 Å². The molecule has 0 fully saturated rings. The maximum absolute atomic E-state index is 12.8. The number of nitrogens with one attached hydrogen (secondary N) is 1. The first-order valence-corrected chi connectivity index (χ1v) is 9.76. The molecule has 0 aliphatic heterocycles. The Morgan fingerprint density at radius 3 is 2.63 bits per heavy atom. The fraction of sp³-hybridized carbons (Fsp3) is 0.167. The van der Waals surface area contributed by atoms with Crippen LogP contribution in [-0.2, 0) is 0 Å². The lowest BCUT2D eigenvalue weighted by atomic mass is 10.1. The smallest absolute Gasteiger partial charge is 0.255 e. The van der Waals surface area contributed by atoms with Crippen molar-refractivity contribution in [2.75, 3.05) is 19.0 Å². The van der Waals surface area contributed by atoms with Gasteiger partial charge in [0.25, 0.3) is 5.91 Å². The summed E-state index contributed by atoms with van der Waals surface area (Å²) < 4.78 is 12.9. The molecule has 0 atom stereocenters. The third kappa shape index (κ3) is 3.85. The van der Waals surface area contributed by atoms with Gasteiger partial charge in [0.15, 0.2) is 0 Å². The van der Waals surface area contributed by atoms with Crippen LogP contribution >= 0.6 is 0 Å². The van der Waals surface area contributed by atoms with Crippen LogP contribution in [0.15, 0.2) is 67.0 Å². The summed E-state index contributed by atoms with van der Waals surface area (Å²) in [6.07, 6.45) is 3.94. The minimum absolute atomic E-state index is 0.223. The number of anilines is 1. The fourth-order valence-electron chi connectivity index (χ4n) is 3.32. The maximum Gasteiger partial charge on any atom is 0.255 e. The van der Waals surface area contributed by atoms with E-state index in [2.05, 4.69) is 5.32 Å². The Kier molecular flexibility index (Phi) is 5.39. The Balaban J connectivity index is 1.63. The molecule has 0 unspecified atom stereocenters. The molecule has 1 N–H and O–H groups in total. The average molecular weight is 401 g/mol. The Morgan fingerprint density at radius 2 is 1.93 bits per heavy atom. The SMILES string of the molecule is CCOc1ccc(C(=O)Nc2cc(-c3cn4cccc(C)c4n3)ccc2OC)cc1. The molecule has 6 heteroatoms. The van der Waals surface area contributed by atoms with Gasteiger partial charge in [0, 0.05) is 23.5 Å². The number of carbonyl (C=O) groups is 1. The monoisotopic (exact) mass is 401 g/mol. The van der Waals surface area contributed by atoms with E-state index in [1.165, 1.54) is 0 Å². The van der Waals surface area contributed by atoms with E-state index in [1.807, 2.05) is 61.0 Å². The average Bonchev–Trinajstić information content (AvgIpc) is 3.20. The van der Waals surface area contributed by atoms with Crippen LogP contribution in [0.25, 0.3) is 16.9 Å². The Bertz CT molecular complexity index is 1200. The zero-order valence-electron chi connectivity index (χ0n) is 17.2. The number of imidazole rings is 1. The molecule has 0 saturated carbocycles. The number of fused-ring (bicyclic) bond motifs is 1. The minimum atomic E-state index is -0.223. The van der Waals surface area contributed by atoms with Gasteiger partial charge in [-0.3, -0.25) is 4.79 Å². The van der Waals surface area contributed by atoms with Crippen molar-refractivity contribution in [2.24, 2.45) is 0 Å². The first-order valence-electron chi connectivity index (χ1n) is 9.76. The van der Waals surface area contributed by atoms with Crippen LogP contribution < -0.4 is 14.8 Å². The van der Waals surface area contributed by atoms with Crippen molar-refractivity contribution in [1.82, 2.24) is 9.38 Å². The second-order valence-electron chi connectivity index (χ2n) is 6.87. The third-order valence-corrected chi connectivity index (χ3v) is 4.85. The van der Waals surface area contributed by atoms with Gasteiger partial charge in [-0.05, 0) is 67.9 Å². The van der Waals surface area contributed by atoms with Gasteiger partial charge < -0.3 is 19.2 Å². The molecule has 4 aromatic rings. The highest BCUT2D eigenvalue weighted by molar-refractivity contribution is 6.05. The van der Waals surface area contributed by atoms with Gasteiger partial charge in [-0.25, -0.2) is 4.98 Å². The first kappa shape index (κ1) is 19.5. The third-order valence-electron chi connectivity index (χ3n) is 4.85. The molecule has 152 valence electrons. The van der Waals surface area contributed by atoms with E-state index in [4.69, 9.17) is 14.5 Å². The molecule has 0 saturated heterocycles. The lowest BCUT2D eigenvalue weighted by molar-refractivity contribution is 0.102. The van der Waals surface area contributed by atoms with Crippen molar-refractivity contribution < 1.29 is 14.3 Å². The van der Waals surface area contributed by atoms with Gasteiger partial charge in [-0.2, -0.15) is 0 Å². The summed E-state index contributed by atoms with van der Waals surface area (Å²) in [6.45, 7) is 4.53. The van der Waals surface area contributed by atoms with Gasteiger partial charge in [0.2, 0.25) is 0 Å². The summed E-state index contributed by atoms with van der Waals surface area (Å²) in [7, 11) is 1.58. The van der Waals surface area contributed by atoms with E-state index in [0.29, 0.717) is 23.6 Å². The number of hydrogen-bond donors (Lipinski definition) is 1. The molecule has 2 aromatic heterocycles. The molecular weight excluding hydrogens is 378 g/mol. The van der Waals surface area contributed by atoms with E-state index < -0.39 is 0 Å². The number of hydrogen-bond acceptors (Lipinski definition) is 4. The summed E-state index contributed by atoms with van der Waals surface area (Å²) >= 11 is 0. The molecule has 6 nitrogen and oxygen atoms in total. The minimum Gasteiger partial charge on any atom is -0.495 e. The number of carbonyl (C=O) groups excluding carboxylic acids is 1. The largest absolute Gasteiger partial charge is 0.495 e. The Hall–Kier alpha value is -3.80. The van der Waals surface area contributed by atoms with Crippen LogP contribution in [-0.4, -0.2) is 29.0 Å². The maximum atomic E-state index is 12.8. The van der Waals surface area contributed by atoms with Crippen LogP contribution in [0.5, 0.6) is 11.5 Å². The number of rotatable bonds is 6. The van der Waals surface area contributed by atoms with Crippen molar-refractivity contribution in [3.05, 3.63) is 78.1 Å². The van der Waals surface area contributed by atoms with E-state index in [1.54, 1.807) is 31.4 Å². The van der Waals surface area contributed by atoms with Crippen molar-refractivity contribution >= 4 is 17.2 Å². The number of aromatic nitrogens is 2. The molecule has 30 heavy (non-hydrogen) atoms. The normalized spacial score (nSPS) is 10.8. The standard InChI is InChI=1S/C24H23N3O3/c1-4-30-19-10-7-17(8-11-19)24(28)26-20-14-18(9-12-22(20)29-3)21-15-27-13-5-6-16(2)23(27)25-21/h5-15H,4H2,1-3H3,(H,26,28). The number of ether oxygens (including phenoxy) is 2. The van der Waals surface area contributed by atoms with Gasteiger partial charge in [0.1, 0.15) is 17.1 Å². The molecule has 0 aliphatic rings. The van der Waals surface area contributed by atoms with Crippen LogP contribution in [0.1, 0.15) is 22.8 Å². The lowest BCUT2D eigenvalue weighted by Gasteiger charge is -2.12. The zero-order valence-corrected chi connectivity index (χ0v) is 17.2. The van der Waals surface area contributed by atoms with Gasteiger partial charge in [-0.15, -0.1) is 0 Å². The second kappa shape index (κ2) is 8.29. The van der Waals surface area contributed by atoms with Crippen molar-refractivity contribution in [2.45, 2.75) is 13.8 Å². The highest BCUT2D eigenvalue weighted by Gasteiger charge is 2.13. The van der Waals surface area contributed by atoms with Crippen LogP contribution in [0, 0.1) is 6.92 Å². The summed E-state index contributed by atoms with van der Waals surface area (Å²) in [5, 5.41) is 2.95. The van der Waals surface area contributed by atoms with Gasteiger partial charge >= 0.3 is 0 Å². The summed E-state index contributed by atoms with van der Waals surface area (Å²) in [5.74, 6) is 1.09. The molecule has 0 radical (unpaired) electrons. The second-order valence-corrected chi connectivity index (χ2v) is 6.87. The highest BCUT2D eigenvalue weighted by atomic mass is 16.5. The van der Waals surface area contributed by atoms with Crippen LogP contribution in [0.2, 0.25) is 0 Å². The number of methoxy groups -OCH3 is 1. The highest BCUT2D eigenvalue weighted by Crippen LogP contribution is 2.31. The number of pyridine rings is 1. The number of aryl methyl sites for hydroxylation is 1. The molecule has 1 amide bonds. The topological polar surface area (TPSA) is 64.9 Å². The molecule has 2 aromatic carbocycles. The van der Waals surface area contributed by atoms with E-state index in [9.17, 15) is 4.79 Å². The van der Waals surface area contributed by atoms with Gasteiger partial charge in [0.05, 0.1) is 25.1 Å². The fourth-order valence-corrected chi connectivity index (χ4v) is 3.32. The van der Waals surface area contributed by atoms with E-state index in [0.717, 1.165) is 28.2 Å². The van der Waals surface area contributed by atoms with E-state index in [-0.39, 0.29) is 5.91 Å². The predicted octanol–water partition coefficient (Wildman–Crippen LogP) is 4.97. The molecule has 0 aliphatic carbocycles. The van der Waals surface area contributed by atoms with E-state index >= 15 is 0 Å². The molecule has 0 spiro atoms. The van der Waals surface area contributed by atoms with Crippen molar-refractivity contribution in [3.63, 3.8) is 0 Å². The van der Waals surface area contributed by atoms with Gasteiger partial charge in [-0.1, -0.05) is 6.07 Å². The summed E-state index contributed by atoms with van der Waals surface area (Å²) in [4.78, 5) is 17.5. The van der Waals surface area contributed by atoms with Crippen molar-refractivity contribution in [3.8, 4) is 22.8 Å². The molecule has 0 bridgehead atoms. The first-order chi connectivity index (χ1) is 14.6. The lowest BCUT2D eigenvalue weighted by Crippen LogP contribution is -2.12. The molecule has 4 rings (SSSR count). The predicted molar refractivity (Wildman–Crippen MR) is 117 cm³/mol. The van der Waals surface area contributed by atoms with Crippen molar-refractivity contribution in [1.29, 1.82) is 0 Å². The molecule has 2 heterocycles. The molecular formula is C24H23N3O3. The summed E-state index contributed by atoms with van der Waals surface area (Å²) in [5.41, 5.74) is 4.84. The van der Waals surface area contributed by atoms with Crippen LogP contribution in [0.4, 0.5) is 5.69 Å². The Morgan fingerprint density at radius 1 is 1.13 bits per heavy atom. The number of nitrogens with zero attached hydrogens (tertiary/aromatic N) is 2. The quantitative estimate of drug-likeness (QED) is 0.495. The zero-order chi connectivity index (χ0) is 21.1.